The van der Waals surface area contributed by atoms with Gasteiger partial charge in [0.15, 0.2) is 0 Å². The average Bonchev–Trinajstić information content (AvgIpc) is 2.21. The summed E-state index contributed by atoms with van der Waals surface area (Å²) >= 11 is 0. The first-order chi connectivity index (χ1) is 6.81. The van der Waals surface area contributed by atoms with Crippen LogP contribution < -0.4 is 0 Å². The third kappa shape index (κ3) is 10.1. The number of rotatable bonds is 10. The van der Waals surface area contributed by atoms with Gasteiger partial charge in [0.2, 0.25) is 0 Å². The molecule has 0 nitrogen and oxygen atoms in total. The minimum Gasteiger partial charge on any atom is -0.0654 e. The van der Waals surface area contributed by atoms with Crippen LogP contribution in [0.2, 0.25) is 0 Å². The van der Waals surface area contributed by atoms with Gasteiger partial charge in [-0.25, -0.2) is 0 Å². The monoisotopic (exact) mass is 197 g/mol. The van der Waals surface area contributed by atoms with E-state index in [2.05, 4.69) is 27.2 Å². The SMILES string of the molecule is CCCCCCCCC[CH]C(C)CC. The zero-order chi connectivity index (χ0) is 10.6. The van der Waals surface area contributed by atoms with Crippen molar-refractivity contribution >= 4 is 0 Å². The van der Waals surface area contributed by atoms with Crippen LogP contribution in [0.1, 0.15) is 78.6 Å². The van der Waals surface area contributed by atoms with E-state index in [1.165, 1.54) is 57.8 Å². The molecule has 0 aliphatic carbocycles. The van der Waals surface area contributed by atoms with E-state index in [1.807, 2.05) is 0 Å². The Hall–Kier alpha value is 0. The molecule has 0 rings (SSSR count). The van der Waals surface area contributed by atoms with Crippen molar-refractivity contribution in [3.8, 4) is 0 Å². The van der Waals surface area contributed by atoms with Crippen molar-refractivity contribution in [3.63, 3.8) is 0 Å². The summed E-state index contributed by atoms with van der Waals surface area (Å²) in [6, 6.07) is 0. The predicted octanol–water partition coefficient (Wildman–Crippen LogP) is 5.38. The minimum atomic E-state index is 0.829. The lowest BCUT2D eigenvalue weighted by Crippen LogP contribution is -1.92. The van der Waals surface area contributed by atoms with Crippen molar-refractivity contribution in [3.05, 3.63) is 6.42 Å². The molecule has 1 atom stereocenters. The van der Waals surface area contributed by atoms with Gasteiger partial charge in [0.05, 0.1) is 0 Å². The van der Waals surface area contributed by atoms with Crippen LogP contribution in [0.4, 0.5) is 0 Å². The summed E-state index contributed by atoms with van der Waals surface area (Å²) in [6.45, 7) is 6.87. The van der Waals surface area contributed by atoms with Crippen LogP contribution in [-0.4, -0.2) is 0 Å². The van der Waals surface area contributed by atoms with E-state index < -0.39 is 0 Å². The molecular weight excluding hydrogens is 168 g/mol. The molecule has 0 aliphatic rings. The average molecular weight is 197 g/mol. The quantitative estimate of drug-likeness (QED) is 0.413. The fourth-order valence-corrected chi connectivity index (χ4v) is 1.67. The lowest BCUT2D eigenvalue weighted by molar-refractivity contribution is 0.557. The van der Waals surface area contributed by atoms with Gasteiger partial charge in [0.1, 0.15) is 0 Å². The maximum absolute atomic E-state index is 2.49. The molecule has 0 aromatic rings. The fourth-order valence-electron chi connectivity index (χ4n) is 1.67. The molecule has 0 N–H and O–H groups in total. The molecule has 0 heterocycles. The number of hydrogen-bond donors (Lipinski definition) is 0. The normalized spacial score (nSPS) is 13.1. The van der Waals surface area contributed by atoms with E-state index in [0.29, 0.717) is 0 Å². The highest BCUT2D eigenvalue weighted by Crippen LogP contribution is 2.13. The summed E-state index contributed by atoms with van der Waals surface area (Å²) in [7, 11) is 0. The highest BCUT2D eigenvalue weighted by atomic mass is 14.0. The highest BCUT2D eigenvalue weighted by molar-refractivity contribution is 4.70. The van der Waals surface area contributed by atoms with Crippen molar-refractivity contribution in [2.75, 3.05) is 0 Å². The summed E-state index contributed by atoms with van der Waals surface area (Å²) < 4.78 is 0. The number of hydrogen-bond acceptors (Lipinski definition) is 0. The second-order valence-electron chi connectivity index (χ2n) is 4.53. The van der Waals surface area contributed by atoms with Crippen molar-refractivity contribution in [1.82, 2.24) is 0 Å². The van der Waals surface area contributed by atoms with Crippen molar-refractivity contribution < 1.29 is 0 Å². The molecule has 0 fully saturated rings. The van der Waals surface area contributed by atoms with Crippen LogP contribution in [0.25, 0.3) is 0 Å². The van der Waals surface area contributed by atoms with Gasteiger partial charge < -0.3 is 0 Å². The van der Waals surface area contributed by atoms with Gasteiger partial charge in [-0.1, -0.05) is 72.1 Å². The Kier molecular flexibility index (Phi) is 11.1. The van der Waals surface area contributed by atoms with Gasteiger partial charge in [-0.2, -0.15) is 0 Å². The number of unbranched alkanes of at least 4 members (excludes halogenated alkanes) is 7. The van der Waals surface area contributed by atoms with Crippen molar-refractivity contribution in [1.29, 1.82) is 0 Å². The second-order valence-corrected chi connectivity index (χ2v) is 4.53. The van der Waals surface area contributed by atoms with Crippen molar-refractivity contribution in [2.45, 2.75) is 78.6 Å². The Bertz CT molecular complexity index is 96.2. The molecule has 0 aliphatic heterocycles. The summed E-state index contributed by atoms with van der Waals surface area (Å²) in [5.74, 6) is 0.829. The molecule has 1 unspecified atom stereocenters. The van der Waals surface area contributed by atoms with Crippen LogP contribution >= 0.6 is 0 Å². The molecule has 0 spiro atoms. The Labute approximate surface area is 91.5 Å². The molecule has 85 valence electrons. The Morgan fingerprint density at radius 3 is 2.00 bits per heavy atom. The van der Waals surface area contributed by atoms with E-state index in [-0.39, 0.29) is 0 Å². The maximum atomic E-state index is 2.49. The predicted molar refractivity (Wildman–Crippen MR) is 66.4 cm³/mol. The summed E-state index contributed by atoms with van der Waals surface area (Å²) in [5, 5.41) is 0. The lowest BCUT2D eigenvalue weighted by Gasteiger charge is -2.06. The van der Waals surface area contributed by atoms with Crippen LogP contribution in [0.15, 0.2) is 0 Å². The molecule has 14 heavy (non-hydrogen) atoms. The zero-order valence-electron chi connectivity index (χ0n) is 10.5. The van der Waals surface area contributed by atoms with Gasteiger partial charge in [0, 0.05) is 0 Å². The zero-order valence-corrected chi connectivity index (χ0v) is 10.5. The van der Waals surface area contributed by atoms with Gasteiger partial charge in [-0.05, 0) is 18.8 Å². The topological polar surface area (TPSA) is 0 Å². The molecule has 1 radical (unpaired) electrons. The minimum absolute atomic E-state index is 0.829. The maximum Gasteiger partial charge on any atom is -0.0358 e. The standard InChI is InChI=1S/C14H29/c1-4-6-7-8-9-10-11-12-13-14(3)5-2/h13-14H,4-12H2,1-3H3. The molecular formula is C14H29. The molecule has 0 bridgehead atoms. The second kappa shape index (κ2) is 11.1. The first kappa shape index (κ1) is 14.0. The largest absolute Gasteiger partial charge is 0.0654 e. The summed E-state index contributed by atoms with van der Waals surface area (Å²) in [5.41, 5.74) is 0. The first-order valence-electron chi connectivity index (χ1n) is 6.64. The smallest absolute Gasteiger partial charge is 0.0358 e. The summed E-state index contributed by atoms with van der Waals surface area (Å²) in [4.78, 5) is 0. The Morgan fingerprint density at radius 1 is 0.857 bits per heavy atom. The molecule has 0 aromatic carbocycles. The van der Waals surface area contributed by atoms with E-state index in [9.17, 15) is 0 Å². The van der Waals surface area contributed by atoms with Crippen LogP contribution in [-0.2, 0) is 0 Å². The molecule has 0 saturated heterocycles. The highest BCUT2D eigenvalue weighted by Gasteiger charge is 1.98. The third-order valence-corrected chi connectivity index (χ3v) is 3.02. The van der Waals surface area contributed by atoms with Gasteiger partial charge in [0.25, 0.3) is 0 Å². The van der Waals surface area contributed by atoms with E-state index in [0.717, 1.165) is 5.92 Å². The van der Waals surface area contributed by atoms with Gasteiger partial charge in [-0.3, -0.25) is 0 Å². The fraction of sp³-hybridized carbons (Fsp3) is 0.929. The van der Waals surface area contributed by atoms with E-state index in [4.69, 9.17) is 0 Å². The van der Waals surface area contributed by atoms with Crippen LogP contribution in [0, 0.1) is 12.3 Å². The molecule has 0 heteroatoms. The van der Waals surface area contributed by atoms with Crippen LogP contribution in [0.3, 0.4) is 0 Å². The van der Waals surface area contributed by atoms with E-state index in [1.54, 1.807) is 0 Å². The molecule has 0 amide bonds. The van der Waals surface area contributed by atoms with E-state index >= 15 is 0 Å². The molecule has 0 aromatic heterocycles. The lowest BCUT2D eigenvalue weighted by atomic mass is 10.00. The summed E-state index contributed by atoms with van der Waals surface area (Å²) in [6.07, 6.45) is 15.1. The molecule has 0 saturated carbocycles. The first-order valence-corrected chi connectivity index (χ1v) is 6.64. The van der Waals surface area contributed by atoms with Gasteiger partial charge >= 0.3 is 0 Å². The van der Waals surface area contributed by atoms with Crippen LogP contribution in [0.5, 0.6) is 0 Å². The Balaban J connectivity index is 2.92. The third-order valence-electron chi connectivity index (χ3n) is 3.02. The Morgan fingerprint density at radius 2 is 1.43 bits per heavy atom. The van der Waals surface area contributed by atoms with Gasteiger partial charge in [-0.15, -0.1) is 0 Å². The van der Waals surface area contributed by atoms with Crippen molar-refractivity contribution in [2.24, 2.45) is 5.92 Å².